The van der Waals surface area contributed by atoms with E-state index in [2.05, 4.69) is 15.0 Å². The summed E-state index contributed by atoms with van der Waals surface area (Å²) in [4.78, 5) is 40.2. The number of aryl methyl sites for hydroxylation is 1. The smallest absolute Gasteiger partial charge is 0.243 e. The molecular formula is C23H25N7O4S. The molecule has 0 aliphatic carbocycles. The summed E-state index contributed by atoms with van der Waals surface area (Å²) in [5.74, 6) is 0.890. The average molecular weight is 496 g/mol. The van der Waals surface area contributed by atoms with Crippen LogP contribution in [0.2, 0.25) is 0 Å². The van der Waals surface area contributed by atoms with E-state index in [-0.39, 0.29) is 29.6 Å². The summed E-state index contributed by atoms with van der Waals surface area (Å²) in [6.45, 7) is 5.47. The van der Waals surface area contributed by atoms with Gasteiger partial charge in [-0.25, -0.2) is 23.4 Å². The van der Waals surface area contributed by atoms with Gasteiger partial charge in [0.05, 0.1) is 16.3 Å². The topological polar surface area (TPSA) is 122 Å². The van der Waals surface area contributed by atoms with E-state index in [9.17, 15) is 18.0 Å². The second-order valence-corrected chi connectivity index (χ2v) is 10.5. The van der Waals surface area contributed by atoms with Crippen molar-refractivity contribution in [3.8, 4) is 5.82 Å². The Bertz CT molecular complexity index is 1380. The van der Waals surface area contributed by atoms with Crippen molar-refractivity contribution in [1.82, 2.24) is 23.8 Å². The molecule has 4 heterocycles. The highest BCUT2D eigenvalue weighted by molar-refractivity contribution is 7.89. The minimum Gasteiger partial charge on any atom is -0.354 e. The van der Waals surface area contributed by atoms with Gasteiger partial charge in [0.25, 0.3) is 0 Å². The van der Waals surface area contributed by atoms with Crippen molar-refractivity contribution in [2.24, 2.45) is 0 Å². The second kappa shape index (κ2) is 8.86. The van der Waals surface area contributed by atoms with Gasteiger partial charge in [-0.3, -0.25) is 19.1 Å². The Labute approximate surface area is 203 Å². The maximum absolute atomic E-state index is 13.2. The largest absolute Gasteiger partial charge is 0.354 e. The molecule has 0 bridgehead atoms. The van der Waals surface area contributed by atoms with Crippen molar-refractivity contribution >= 4 is 33.3 Å². The Morgan fingerprint density at radius 3 is 2.06 bits per heavy atom. The van der Waals surface area contributed by atoms with Crippen LogP contribution in [-0.4, -0.2) is 70.2 Å². The molecular weight excluding hydrogens is 470 g/mol. The predicted molar refractivity (Wildman–Crippen MR) is 128 cm³/mol. The summed E-state index contributed by atoms with van der Waals surface area (Å²) in [5.41, 5.74) is 2.31. The number of benzene rings is 1. The van der Waals surface area contributed by atoms with Crippen LogP contribution in [0.25, 0.3) is 5.82 Å². The molecule has 0 unspecified atom stereocenters. The zero-order valence-electron chi connectivity index (χ0n) is 19.5. The van der Waals surface area contributed by atoms with Crippen LogP contribution >= 0.6 is 0 Å². The summed E-state index contributed by atoms with van der Waals surface area (Å²) < 4.78 is 29.7. The Kier molecular flexibility index (Phi) is 5.85. The molecule has 1 aromatic carbocycles. The number of piperazine rings is 1. The van der Waals surface area contributed by atoms with Crippen LogP contribution < -0.4 is 9.80 Å². The van der Waals surface area contributed by atoms with E-state index >= 15 is 0 Å². The van der Waals surface area contributed by atoms with Gasteiger partial charge in [0.2, 0.25) is 21.8 Å². The van der Waals surface area contributed by atoms with Crippen LogP contribution in [0.1, 0.15) is 24.2 Å². The molecule has 182 valence electrons. The standard InChI is InChI=1S/C23H25N7O4S/c1-16-17(2)29(15-26-16)21-13-20(24-14-25-21)27-9-11-28(12-10-27)35(33,34)19-5-3-18(4-6-19)30-22(31)7-8-23(30)32/h3-6,13-15H,7-12H2,1-2H3. The maximum Gasteiger partial charge on any atom is 0.243 e. The third kappa shape index (κ3) is 4.19. The number of hydrogen-bond acceptors (Lipinski definition) is 8. The minimum absolute atomic E-state index is 0.129. The molecule has 0 saturated carbocycles. The molecule has 3 aromatic rings. The van der Waals surface area contributed by atoms with Crippen molar-refractivity contribution in [2.75, 3.05) is 36.0 Å². The lowest BCUT2D eigenvalue weighted by molar-refractivity contribution is -0.121. The first kappa shape index (κ1) is 23.1. The van der Waals surface area contributed by atoms with E-state index in [1.165, 1.54) is 34.9 Å². The summed E-state index contributed by atoms with van der Waals surface area (Å²) in [7, 11) is -3.72. The first-order chi connectivity index (χ1) is 16.8. The van der Waals surface area contributed by atoms with E-state index < -0.39 is 10.0 Å². The van der Waals surface area contributed by atoms with Gasteiger partial charge in [-0.2, -0.15) is 4.31 Å². The molecule has 2 aromatic heterocycles. The first-order valence-electron chi connectivity index (χ1n) is 11.3. The lowest BCUT2D eigenvalue weighted by Crippen LogP contribution is -2.49. The summed E-state index contributed by atoms with van der Waals surface area (Å²) in [6, 6.07) is 7.78. The van der Waals surface area contributed by atoms with E-state index in [0.29, 0.717) is 37.7 Å². The van der Waals surface area contributed by atoms with Gasteiger partial charge >= 0.3 is 0 Å². The lowest BCUT2D eigenvalue weighted by atomic mass is 10.3. The fourth-order valence-electron chi connectivity index (χ4n) is 4.31. The molecule has 12 heteroatoms. The number of carbonyl (C=O) groups excluding carboxylic acids is 2. The molecule has 0 radical (unpaired) electrons. The number of anilines is 2. The Morgan fingerprint density at radius 2 is 1.46 bits per heavy atom. The van der Waals surface area contributed by atoms with Gasteiger partial charge in [0.1, 0.15) is 24.3 Å². The van der Waals surface area contributed by atoms with E-state index in [1.54, 1.807) is 6.33 Å². The Hall–Kier alpha value is -3.64. The lowest BCUT2D eigenvalue weighted by Gasteiger charge is -2.34. The van der Waals surface area contributed by atoms with Gasteiger partial charge in [0, 0.05) is 50.8 Å². The van der Waals surface area contributed by atoms with Crippen LogP contribution in [0, 0.1) is 13.8 Å². The molecule has 35 heavy (non-hydrogen) atoms. The van der Waals surface area contributed by atoms with Crippen LogP contribution in [-0.2, 0) is 19.6 Å². The van der Waals surface area contributed by atoms with E-state index in [0.717, 1.165) is 22.1 Å². The molecule has 2 amide bonds. The number of nitrogens with zero attached hydrogens (tertiary/aromatic N) is 7. The van der Waals surface area contributed by atoms with Crippen molar-refractivity contribution in [1.29, 1.82) is 0 Å². The second-order valence-electron chi connectivity index (χ2n) is 8.53. The minimum atomic E-state index is -3.72. The number of sulfonamides is 1. The van der Waals surface area contributed by atoms with Crippen molar-refractivity contribution in [3.63, 3.8) is 0 Å². The quantitative estimate of drug-likeness (QED) is 0.488. The Morgan fingerprint density at radius 1 is 0.829 bits per heavy atom. The van der Waals surface area contributed by atoms with Gasteiger partial charge in [-0.05, 0) is 38.1 Å². The summed E-state index contributed by atoms with van der Waals surface area (Å²) in [6.07, 6.45) is 3.58. The van der Waals surface area contributed by atoms with Gasteiger partial charge in [-0.15, -0.1) is 0 Å². The third-order valence-corrected chi connectivity index (χ3v) is 8.40. The van der Waals surface area contributed by atoms with Crippen molar-refractivity contribution < 1.29 is 18.0 Å². The van der Waals surface area contributed by atoms with Crippen LogP contribution in [0.4, 0.5) is 11.5 Å². The highest BCUT2D eigenvalue weighted by atomic mass is 32.2. The van der Waals surface area contributed by atoms with Gasteiger partial charge in [-0.1, -0.05) is 0 Å². The molecule has 0 spiro atoms. The van der Waals surface area contributed by atoms with Gasteiger partial charge in [0.15, 0.2) is 0 Å². The molecule has 0 N–H and O–H groups in total. The summed E-state index contributed by atoms with van der Waals surface area (Å²) >= 11 is 0. The molecule has 2 aliphatic rings. The SMILES string of the molecule is Cc1ncn(-c2cc(N3CCN(S(=O)(=O)c4ccc(N5C(=O)CCC5=O)cc4)CC3)ncn2)c1C. The fourth-order valence-corrected chi connectivity index (χ4v) is 5.73. The number of imidazole rings is 1. The number of carbonyl (C=O) groups is 2. The van der Waals surface area contributed by atoms with Crippen molar-refractivity contribution in [2.45, 2.75) is 31.6 Å². The highest BCUT2D eigenvalue weighted by Gasteiger charge is 2.32. The molecule has 2 saturated heterocycles. The number of amides is 2. The fraction of sp³-hybridized carbons (Fsp3) is 0.348. The van der Waals surface area contributed by atoms with E-state index in [1.807, 2.05) is 29.4 Å². The third-order valence-electron chi connectivity index (χ3n) is 6.48. The normalized spacial score (nSPS) is 17.4. The molecule has 0 atom stereocenters. The van der Waals surface area contributed by atoms with Crippen molar-refractivity contribution in [3.05, 3.63) is 54.4 Å². The zero-order chi connectivity index (χ0) is 24.7. The van der Waals surface area contributed by atoms with E-state index in [4.69, 9.17) is 0 Å². The predicted octanol–water partition coefficient (Wildman–Crippen LogP) is 1.44. The highest BCUT2D eigenvalue weighted by Crippen LogP contribution is 2.26. The van der Waals surface area contributed by atoms with Crippen LogP contribution in [0.15, 0.2) is 47.9 Å². The summed E-state index contributed by atoms with van der Waals surface area (Å²) in [5, 5.41) is 0. The number of aromatic nitrogens is 4. The molecule has 2 fully saturated rings. The van der Waals surface area contributed by atoms with Gasteiger partial charge < -0.3 is 4.90 Å². The van der Waals surface area contributed by atoms with Crippen LogP contribution in [0.3, 0.4) is 0 Å². The van der Waals surface area contributed by atoms with Crippen LogP contribution in [0.5, 0.6) is 0 Å². The average Bonchev–Trinajstić information content (AvgIpc) is 3.39. The number of hydrogen-bond donors (Lipinski definition) is 0. The number of rotatable bonds is 5. The Balaban J connectivity index is 1.28. The first-order valence-corrected chi connectivity index (χ1v) is 12.7. The molecule has 11 nitrogen and oxygen atoms in total. The zero-order valence-corrected chi connectivity index (χ0v) is 20.3. The monoisotopic (exact) mass is 495 g/mol. The molecule has 5 rings (SSSR count). The number of imide groups is 1. The maximum atomic E-state index is 13.2. The molecule has 2 aliphatic heterocycles.